The second-order valence-electron chi connectivity index (χ2n) is 3.60. The summed E-state index contributed by atoms with van der Waals surface area (Å²) in [5, 5.41) is 19.0. The zero-order chi connectivity index (χ0) is 11.3. The lowest BCUT2D eigenvalue weighted by Crippen LogP contribution is -2.28. The van der Waals surface area contributed by atoms with Crippen molar-refractivity contribution in [2.45, 2.75) is 32.5 Å². The Bertz CT molecular complexity index is 299. The van der Waals surface area contributed by atoms with Gasteiger partial charge in [-0.3, -0.25) is 0 Å². The molecule has 0 amide bonds. The molecule has 0 fully saturated rings. The minimum atomic E-state index is -0.535. The van der Waals surface area contributed by atoms with Gasteiger partial charge in [-0.1, -0.05) is 12.1 Å². The van der Waals surface area contributed by atoms with Crippen LogP contribution in [0.5, 0.6) is 5.75 Å². The van der Waals surface area contributed by atoms with Crippen LogP contribution in [-0.2, 0) is 11.2 Å². The van der Waals surface area contributed by atoms with Crippen LogP contribution >= 0.6 is 0 Å². The fourth-order valence-corrected chi connectivity index (χ4v) is 1.46. The third kappa shape index (κ3) is 3.90. The zero-order valence-corrected chi connectivity index (χ0v) is 9.18. The third-order valence-electron chi connectivity index (χ3n) is 2.33. The van der Waals surface area contributed by atoms with Crippen molar-refractivity contribution in [2.24, 2.45) is 0 Å². The van der Waals surface area contributed by atoms with E-state index in [0.29, 0.717) is 13.0 Å². The van der Waals surface area contributed by atoms with Crippen LogP contribution in [0.1, 0.15) is 19.4 Å². The number of aliphatic hydroxyl groups is 1. The van der Waals surface area contributed by atoms with Gasteiger partial charge in [0, 0.05) is 13.0 Å². The monoisotopic (exact) mass is 210 g/mol. The molecule has 0 heterocycles. The molecule has 0 aliphatic heterocycles. The van der Waals surface area contributed by atoms with Crippen molar-refractivity contribution in [1.29, 1.82) is 0 Å². The first kappa shape index (κ1) is 12.0. The van der Waals surface area contributed by atoms with Crippen LogP contribution in [0.4, 0.5) is 0 Å². The Hall–Kier alpha value is -1.06. The second-order valence-corrected chi connectivity index (χ2v) is 3.60. The summed E-state index contributed by atoms with van der Waals surface area (Å²) >= 11 is 0. The largest absolute Gasteiger partial charge is 0.508 e. The van der Waals surface area contributed by atoms with Crippen molar-refractivity contribution < 1.29 is 14.9 Å². The molecule has 1 aromatic rings. The van der Waals surface area contributed by atoms with Crippen LogP contribution in [0.25, 0.3) is 0 Å². The van der Waals surface area contributed by atoms with Gasteiger partial charge in [-0.2, -0.15) is 0 Å². The highest BCUT2D eigenvalue weighted by molar-refractivity contribution is 5.27. The number of aromatic hydroxyl groups is 1. The van der Waals surface area contributed by atoms with E-state index in [1.54, 1.807) is 18.2 Å². The smallest absolute Gasteiger partial charge is 0.115 e. The van der Waals surface area contributed by atoms with Crippen molar-refractivity contribution in [1.82, 2.24) is 0 Å². The average molecular weight is 210 g/mol. The summed E-state index contributed by atoms with van der Waals surface area (Å²) in [6.07, 6.45) is -0.223. The summed E-state index contributed by atoms with van der Waals surface area (Å²) in [5.74, 6) is 0.226. The van der Waals surface area contributed by atoms with Crippen LogP contribution < -0.4 is 0 Å². The van der Waals surface area contributed by atoms with Gasteiger partial charge in [-0.25, -0.2) is 0 Å². The lowest BCUT2D eigenvalue weighted by atomic mass is 10.0. The molecule has 0 radical (unpaired) electrons. The standard InChI is InChI=1S/C12H18O3/c1-3-15-9(2)12(14)8-10-5-4-6-11(13)7-10/h4-7,9,12-14H,3,8H2,1-2H3. The maximum absolute atomic E-state index is 9.79. The Morgan fingerprint density at radius 3 is 2.73 bits per heavy atom. The molecular formula is C12H18O3. The zero-order valence-electron chi connectivity index (χ0n) is 9.18. The molecule has 3 nitrogen and oxygen atoms in total. The van der Waals surface area contributed by atoms with Gasteiger partial charge in [-0.05, 0) is 31.5 Å². The Balaban J connectivity index is 2.54. The van der Waals surface area contributed by atoms with E-state index in [9.17, 15) is 10.2 Å². The van der Waals surface area contributed by atoms with Gasteiger partial charge in [0.05, 0.1) is 12.2 Å². The molecule has 2 atom stereocenters. The highest BCUT2D eigenvalue weighted by Gasteiger charge is 2.14. The molecule has 0 saturated carbocycles. The number of hydrogen-bond donors (Lipinski definition) is 2. The van der Waals surface area contributed by atoms with E-state index < -0.39 is 6.10 Å². The summed E-state index contributed by atoms with van der Waals surface area (Å²) < 4.78 is 5.29. The van der Waals surface area contributed by atoms with Crippen LogP contribution in [0.3, 0.4) is 0 Å². The molecule has 15 heavy (non-hydrogen) atoms. The number of aliphatic hydroxyl groups excluding tert-OH is 1. The van der Waals surface area contributed by atoms with Gasteiger partial charge in [0.15, 0.2) is 0 Å². The van der Waals surface area contributed by atoms with Crippen molar-refractivity contribution in [2.75, 3.05) is 6.61 Å². The minimum absolute atomic E-state index is 0.183. The Labute approximate surface area is 90.3 Å². The maximum Gasteiger partial charge on any atom is 0.115 e. The van der Waals surface area contributed by atoms with Gasteiger partial charge >= 0.3 is 0 Å². The first-order valence-corrected chi connectivity index (χ1v) is 5.21. The van der Waals surface area contributed by atoms with Crippen LogP contribution in [0.2, 0.25) is 0 Å². The summed E-state index contributed by atoms with van der Waals surface area (Å²) in [6.45, 7) is 4.34. The van der Waals surface area contributed by atoms with Crippen molar-refractivity contribution >= 4 is 0 Å². The SMILES string of the molecule is CCOC(C)C(O)Cc1cccc(O)c1. The number of benzene rings is 1. The van der Waals surface area contributed by atoms with E-state index in [2.05, 4.69) is 0 Å². The second kappa shape index (κ2) is 5.73. The molecule has 0 aliphatic rings. The molecule has 0 bridgehead atoms. The fourth-order valence-electron chi connectivity index (χ4n) is 1.46. The predicted molar refractivity (Wildman–Crippen MR) is 58.9 cm³/mol. The highest BCUT2D eigenvalue weighted by Crippen LogP contribution is 2.14. The molecule has 2 N–H and O–H groups in total. The number of phenolic OH excluding ortho intramolecular Hbond substituents is 1. The van der Waals surface area contributed by atoms with Gasteiger partial charge in [0.1, 0.15) is 5.75 Å². The molecule has 2 unspecified atom stereocenters. The number of phenols is 1. The molecule has 0 saturated heterocycles. The van der Waals surface area contributed by atoms with E-state index in [0.717, 1.165) is 5.56 Å². The van der Waals surface area contributed by atoms with Crippen LogP contribution in [-0.4, -0.2) is 29.0 Å². The number of ether oxygens (including phenoxy) is 1. The first-order chi connectivity index (χ1) is 7.13. The van der Waals surface area contributed by atoms with Crippen LogP contribution in [0, 0.1) is 0 Å². The predicted octanol–water partition coefficient (Wildman–Crippen LogP) is 1.72. The highest BCUT2D eigenvalue weighted by atomic mass is 16.5. The quantitative estimate of drug-likeness (QED) is 0.778. The lowest BCUT2D eigenvalue weighted by molar-refractivity contribution is -0.0208. The van der Waals surface area contributed by atoms with Gasteiger partial charge in [-0.15, -0.1) is 0 Å². The van der Waals surface area contributed by atoms with E-state index in [-0.39, 0.29) is 11.9 Å². The topological polar surface area (TPSA) is 49.7 Å². The van der Waals surface area contributed by atoms with E-state index >= 15 is 0 Å². The first-order valence-electron chi connectivity index (χ1n) is 5.21. The summed E-state index contributed by atoms with van der Waals surface area (Å²) in [5.41, 5.74) is 0.911. The summed E-state index contributed by atoms with van der Waals surface area (Å²) in [7, 11) is 0. The van der Waals surface area contributed by atoms with Crippen LogP contribution in [0.15, 0.2) is 24.3 Å². The van der Waals surface area contributed by atoms with Crippen molar-refractivity contribution in [3.8, 4) is 5.75 Å². The number of hydrogen-bond acceptors (Lipinski definition) is 3. The third-order valence-corrected chi connectivity index (χ3v) is 2.33. The van der Waals surface area contributed by atoms with Crippen molar-refractivity contribution in [3.05, 3.63) is 29.8 Å². The van der Waals surface area contributed by atoms with Gasteiger partial charge in [0.25, 0.3) is 0 Å². The van der Waals surface area contributed by atoms with E-state index in [1.807, 2.05) is 19.9 Å². The average Bonchev–Trinajstić information content (AvgIpc) is 2.18. The Morgan fingerprint density at radius 1 is 1.40 bits per heavy atom. The minimum Gasteiger partial charge on any atom is -0.508 e. The summed E-state index contributed by atoms with van der Waals surface area (Å²) in [4.78, 5) is 0. The maximum atomic E-state index is 9.79. The molecule has 84 valence electrons. The van der Waals surface area contributed by atoms with E-state index in [1.165, 1.54) is 0 Å². The Morgan fingerprint density at radius 2 is 2.13 bits per heavy atom. The Kier molecular flexibility index (Phi) is 4.59. The van der Waals surface area contributed by atoms with E-state index in [4.69, 9.17) is 4.74 Å². The molecular weight excluding hydrogens is 192 g/mol. The fraction of sp³-hybridized carbons (Fsp3) is 0.500. The summed E-state index contributed by atoms with van der Waals surface area (Å²) in [6, 6.07) is 6.91. The van der Waals surface area contributed by atoms with Gasteiger partial charge < -0.3 is 14.9 Å². The normalized spacial score (nSPS) is 14.9. The molecule has 1 rings (SSSR count). The lowest BCUT2D eigenvalue weighted by Gasteiger charge is -2.18. The molecule has 0 aromatic heterocycles. The molecule has 0 aliphatic carbocycles. The van der Waals surface area contributed by atoms with Crippen molar-refractivity contribution in [3.63, 3.8) is 0 Å². The van der Waals surface area contributed by atoms with Gasteiger partial charge in [0.2, 0.25) is 0 Å². The number of rotatable bonds is 5. The molecule has 1 aromatic carbocycles. The molecule has 3 heteroatoms. The molecule has 0 spiro atoms.